The number of sulfonamides is 1. The summed E-state index contributed by atoms with van der Waals surface area (Å²) in [5, 5.41) is 2.71. The number of amides is 2. The van der Waals surface area contributed by atoms with Gasteiger partial charge >= 0.3 is 6.09 Å². The molecule has 0 radical (unpaired) electrons. The summed E-state index contributed by atoms with van der Waals surface area (Å²) in [6.07, 6.45) is -0.467. The van der Waals surface area contributed by atoms with Crippen molar-refractivity contribution < 1.29 is 22.7 Å². The average Bonchev–Trinajstić information content (AvgIpc) is 2.68. The minimum atomic E-state index is -3.55. The molecule has 0 aliphatic carbocycles. The van der Waals surface area contributed by atoms with Crippen LogP contribution in [-0.4, -0.2) is 41.1 Å². The number of hydrogen-bond donors (Lipinski definition) is 2. The summed E-state index contributed by atoms with van der Waals surface area (Å²) in [7, 11) is -0.640. The zero-order valence-corrected chi connectivity index (χ0v) is 16.0. The van der Waals surface area contributed by atoms with Crippen LogP contribution in [0.5, 0.6) is 0 Å². The molecule has 0 bridgehead atoms. The SMILES string of the molecule is CCOC(=O)N(C)c1ccc(NC(=O)c2ccc(S(=O)(=O)NC)cc2)cc1. The Morgan fingerprint density at radius 3 is 2.15 bits per heavy atom. The van der Waals surface area contributed by atoms with Gasteiger partial charge in [-0.2, -0.15) is 0 Å². The molecule has 2 aromatic carbocycles. The van der Waals surface area contributed by atoms with Crippen LogP contribution in [0, 0.1) is 0 Å². The van der Waals surface area contributed by atoms with E-state index >= 15 is 0 Å². The molecule has 0 unspecified atom stereocenters. The Kier molecular flexibility index (Phi) is 6.54. The van der Waals surface area contributed by atoms with Crippen LogP contribution >= 0.6 is 0 Å². The van der Waals surface area contributed by atoms with Gasteiger partial charge in [-0.05, 0) is 62.5 Å². The third kappa shape index (κ3) is 5.05. The van der Waals surface area contributed by atoms with E-state index in [-0.39, 0.29) is 17.4 Å². The van der Waals surface area contributed by atoms with Crippen LogP contribution in [0.25, 0.3) is 0 Å². The lowest BCUT2D eigenvalue weighted by molar-refractivity contribution is 0.102. The second-order valence-electron chi connectivity index (χ2n) is 5.49. The van der Waals surface area contributed by atoms with Crippen LogP contribution < -0.4 is 14.9 Å². The molecule has 8 nitrogen and oxygen atoms in total. The van der Waals surface area contributed by atoms with Crippen molar-refractivity contribution >= 4 is 33.4 Å². The summed E-state index contributed by atoms with van der Waals surface area (Å²) in [5.41, 5.74) is 1.47. The van der Waals surface area contributed by atoms with E-state index < -0.39 is 16.1 Å². The first-order valence-electron chi connectivity index (χ1n) is 8.14. The second-order valence-corrected chi connectivity index (χ2v) is 7.38. The van der Waals surface area contributed by atoms with Crippen molar-refractivity contribution in [1.29, 1.82) is 0 Å². The van der Waals surface area contributed by atoms with Gasteiger partial charge in [-0.15, -0.1) is 0 Å². The van der Waals surface area contributed by atoms with Gasteiger partial charge in [0.05, 0.1) is 11.5 Å². The molecule has 0 aliphatic rings. The van der Waals surface area contributed by atoms with Gasteiger partial charge in [0.25, 0.3) is 5.91 Å². The van der Waals surface area contributed by atoms with E-state index in [1.54, 1.807) is 38.2 Å². The average molecular weight is 391 g/mol. The standard InChI is InChI=1S/C18H21N3O5S/c1-4-26-18(23)21(3)15-9-7-14(8-10-15)20-17(22)13-5-11-16(12-6-13)27(24,25)19-2/h5-12,19H,4H2,1-3H3,(H,20,22). The summed E-state index contributed by atoms with van der Waals surface area (Å²) in [5.74, 6) is -0.380. The molecule has 2 aromatic rings. The van der Waals surface area contributed by atoms with E-state index in [9.17, 15) is 18.0 Å². The lowest BCUT2D eigenvalue weighted by Crippen LogP contribution is -2.26. The molecule has 9 heteroatoms. The molecule has 0 spiro atoms. The molecular formula is C18H21N3O5S. The lowest BCUT2D eigenvalue weighted by Gasteiger charge is -2.17. The van der Waals surface area contributed by atoms with Crippen molar-refractivity contribution in [1.82, 2.24) is 4.72 Å². The fourth-order valence-corrected chi connectivity index (χ4v) is 2.93. The molecule has 144 valence electrons. The number of nitrogens with one attached hydrogen (secondary N) is 2. The number of benzene rings is 2. The van der Waals surface area contributed by atoms with Crippen molar-refractivity contribution in [2.24, 2.45) is 0 Å². The molecule has 0 aliphatic heterocycles. The van der Waals surface area contributed by atoms with Gasteiger partial charge in [0, 0.05) is 24.0 Å². The number of rotatable bonds is 6. The number of carbonyl (C=O) groups excluding carboxylic acids is 2. The zero-order valence-electron chi connectivity index (χ0n) is 15.2. The molecule has 0 aromatic heterocycles. The summed E-state index contributed by atoms with van der Waals surface area (Å²) in [4.78, 5) is 25.4. The monoisotopic (exact) mass is 391 g/mol. The number of ether oxygens (including phenoxy) is 1. The quantitative estimate of drug-likeness (QED) is 0.787. The lowest BCUT2D eigenvalue weighted by atomic mass is 10.2. The fraction of sp³-hybridized carbons (Fsp3) is 0.222. The Morgan fingerprint density at radius 1 is 1.04 bits per heavy atom. The summed E-state index contributed by atoms with van der Waals surface area (Å²) in [6, 6.07) is 12.2. The molecule has 0 saturated carbocycles. The Morgan fingerprint density at radius 2 is 1.63 bits per heavy atom. The van der Waals surface area contributed by atoms with Crippen molar-refractivity contribution in [3.63, 3.8) is 0 Å². The topological polar surface area (TPSA) is 105 Å². The van der Waals surface area contributed by atoms with Gasteiger partial charge in [0.15, 0.2) is 0 Å². The first kappa shape index (κ1) is 20.4. The van der Waals surface area contributed by atoms with Crippen LogP contribution in [0.4, 0.5) is 16.2 Å². The fourth-order valence-electron chi connectivity index (χ4n) is 2.20. The highest BCUT2D eigenvalue weighted by Gasteiger charge is 2.14. The molecule has 27 heavy (non-hydrogen) atoms. The van der Waals surface area contributed by atoms with Gasteiger partial charge in [0.1, 0.15) is 0 Å². The third-order valence-electron chi connectivity index (χ3n) is 3.75. The molecule has 0 heterocycles. The summed E-state index contributed by atoms with van der Waals surface area (Å²) >= 11 is 0. The highest BCUT2D eigenvalue weighted by molar-refractivity contribution is 7.89. The van der Waals surface area contributed by atoms with E-state index in [2.05, 4.69) is 10.0 Å². The Labute approximate surface area is 158 Å². The minimum Gasteiger partial charge on any atom is -0.449 e. The smallest absolute Gasteiger partial charge is 0.413 e. The van der Waals surface area contributed by atoms with Gasteiger partial charge < -0.3 is 10.1 Å². The van der Waals surface area contributed by atoms with Crippen LogP contribution in [-0.2, 0) is 14.8 Å². The van der Waals surface area contributed by atoms with E-state index in [1.807, 2.05) is 0 Å². The highest BCUT2D eigenvalue weighted by Crippen LogP contribution is 2.18. The highest BCUT2D eigenvalue weighted by atomic mass is 32.2. The third-order valence-corrected chi connectivity index (χ3v) is 5.18. The number of anilines is 2. The predicted molar refractivity (Wildman–Crippen MR) is 103 cm³/mol. The summed E-state index contributed by atoms with van der Waals surface area (Å²) in [6.45, 7) is 2.01. The van der Waals surface area contributed by atoms with Gasteiger partial charge in [-0.1, -0.05) is 0 Å². The number of nitrogens with zero attached hydrogens (tertiary/aromatic N) is 1. The largest absolute Gasteiger partial charge is 0.449 e. The van der Waals surface area contributed by atoms with Crippen LogP contribution in [0.3, 0.4) is 0 Å². The molecule has 0 atom stereocenters. The van der Waals surface area contributed by atoms with Gasteiger partial charge in [-0.3, -0.25) is 9.69 Å². The van der Waals surface area contributed by atoms with Crippen LogP contribution in [0.2, 0.25) is 0 Å². The van der Waals surface area contributed by atoms with E-state index in [0.717, 1.165) is 0 Å². The van der Waals surface area contributed by atoms with Crippen molar-refractivity contribution in [3.8, 4) is 0 Å². The van der Waals surface area contributed by atoms with E-state index in [4.69, 9.17) is 4.74 Å². The van der Waals surface area contributed by atoms with Gasteiger partial charge in [0.2, 0.25) is 10.0 Å². The minimum absolute atomic E-state index is 0.0768. The predicted octanol–water partition coefficient (Wildman–Crippen LogP) is 2.44. The van der Waals surface area contributed by atoms with Crippen LogP contribution in [0.1, 0.15) is 17.3 Å². The first-order chi connectivity index (χ1) is 12.8. The summed E-state index contributed by atoms with van der Waals surface area (Å²) < 4.78 is 30.5. The molecular weight excluding hydrogens is 370 g/mol. The number of carbonyl (C=O) groups is 2. The molecule has 2 amide bonds. The zero-order chi connectivity index (χ0) is 20.0. The molecule has 0 saturated heterocycles. The van der Waals surface area contributed by atoms with Crippen LogP contribution in [0.15, 0.2) is 53.4 Å². The maximum absolute atomic E-state index is 12.3. The molecule has 2 rings (SSSR count). The normalized spacial score (nSPS) is 10.9. The molecule has 0 fully saturated rings. The van der Waals surface area contributed by atoms with E-state index in [0.29, 0.717) is 16.9 Å². The molecule has 2 N–H and O–H groups in total. The Bertz CT molecular complexity index is 909. The Balaban J connectivity index is 2.07. The number of hydrogen-bond acceptors (Lipinski definition) is 5. The first-order valence-corrected chi connectivity index (χ1v) is 9.62. The maximum Gasteiger partial charge on any atom is 0.413 e. The van der Waals surface area contributed by atoms with Crippen molar-refractivity contribution in [3.05, 3.63) is 54.1 Å². The van der Waals surface area contributed by atoms with Gasteiger partial charge in [-0.25, -0.2) is 17.9 Å². The van der Waals surface area contributed by atoms with Crippen molar-refractivity contribution in [2.45, 2.75) is 11.8 Å². The Hall–Kier alpha value is -2.91. The van der Waals surface area contributed by atoms with Crippen molar-refractivity contribution in [2.75, 3.05) is 30.9 Å². The maximum atomic E-state index is 12.3. The second kappa shape index (κ2) is 8.65. The van der Waals surface area contributed by atoms with E-state index in [1.165, 1.54) is 36.2 Å².